The van der Waals surface area contributed by atoms with E-state index in [0.717, 1.165) is 18.5 Å². The molecule has 0 aromatic carbocycles. The van der Waals surface area contributed by atoms with Gasteiger partial charge in [-0.1, -0.05) is 0 Å². The van der Waals surface area contributed by atoms with Crippen molar-refractivity contribution in [3.8, 4) is 0 Å². The second kappa shape index (κ2) is 7.35. The smallest absolute Gasteiger partial charge is 0.279 e. The molecule has 0 unspecified atom stereocenters. The number of aryl methyl sites for hydroxylation is 1. The summed E-state index contributed by atoms with van der Waals surface area (Å²) in [5.41, 5.74) is 1.07. The van der Waals surface area contributed by atoms with Gasteiger partial charge in [0.05, 0.1) is 12.7 Å². The molecule has 120 valence electrons. The van der Waals surface area contributed by atoms with Crippen molar-refractivity contribution in [3.05, 3.63) is 18.0 Å². The van der Waals surface area contributed by atoms with Crippen molar-refractivity contribution >= 4 is 10.2 Å². The van der Waals surface area contributed by atoms with Gasteiger partial charge in [0.25, 0.3) is 10.2 Å². The van der Waals surface area contributed by atoms with E-state index in [-0.39, 0.29) is 0 Å². The highest BCUT2D eigenvalue weighted by Gasteiger charge is 2.20. The first kappa shape index (κ1) is 16.4. The molecule has 1 saturated carbocycles. The van der Waals surface area contributed by atoms with Gasteiger partial charge in [-0.15, -0.1) is 0 Å². The fraction of sp³-hybridized carbons (Fsp3) is 0.769. The van der Waals surface area contributed by atoms with Crippen LogP contribution in [0.4, 0.5) is 0 Å². The van der Waals surface area contributed by atoms with Crippen LogP contribution in [0, 0.1) is 6.92 Å². The van der Waals surface area contributed by atoms with Gasteiger partial charge in [-0.05, 0) is 38.3 Å². The normalized spacial score (nSPS) is 15.8. The number of hydrogen-bond acceptors (Lipinski definition) is 4. The Morgan fingerprint density at radius 1 is 1.43 bits per heavy atom. The summed E-state index contributed by atoms with van der Waals surface area (Å²) in [6, 6.07) is 0.669. The molecule has 1 aromatic heterocycles. The summed E-state index contributed by atoms with van der Waals surface area (Å²) in [6.45, 7) is 4.22. The second-order valence-corrected chi connectivity index (χ2v) is 7.45. The second-order valence-electron chi connectivity index (χ2n) is 5.58. The van der Waals surface area contributed by atoms with Crippen LogP contribution < -0.4 is 10.0 Å². The molecule has 1 fully saturated rings. The monoisotopic (exact) mass is 315 g/mol. The summed E-state index contributed by atoms with van der Waals surface area (Å²) in [6.07, 6.45) is 6.98. The molecule has 21 heavy (non-hydrogen) atoms. The van der Waals surface area contributed by atoms with E-state index in [0.29, 0.717) is 25.7 Å². The van der Waals surface area contributed by atoms with Crippen molar-refractivity contribution in [2.45, 2.75) is 38.8 Å². The predicted octanol–water partition coefficient (Wildman–Crippen LogP) is 0.0998. The van der Waals surface area contributed by atoms with Crippen LogP contribution in [0.5, 0.6) is 0 Å². The summed E-state index contributed by atoms with van der Waals surface area (Å²) < 4.78 is 29.8. The van der Waals surface area contributed by atoms with Gasteiger partial charge in [-0.25, -0.2) is 4.72 Å². The lowest BCUT2D eigenvalue weighted by molar-refractivity contribution is 0.441. The van der Waals surface area contributed by atoms with E-state index >= 15 is 0 Å². The minimum absolute atomic E-state index is 0.341. The molecule has 0 atom stereocenters. The fourth-order valence-corrected chi connectivity index (χ4v) is 2.94. The average molecular weight is 315 g/mol. The molecule has 0 radical (unpaired) electrons. The van der Waals surface area contributed by atoms with Crippen LogP contribution in [-0.2, 0) is 16.8 Å². The zero-order chi connectivity index (χ0) is 15.3. The van der Waals surface area contributed by atoms with E-state index in [1.54, 1.807) is 17.9 Å². The highest BCUT2D eigenvalue weighted by molar-refractivity contribution is 7.87. The zero-order valence-electron chi connectivity index (χ0n) is 12.7. The minimum atomic E-state index is -3.39. The Kier molecular flexibility index (Phi) is 5.74. The third-order valence-corrected chi connectivity index (χ3v) is 5.03. The van der Waals surface area contributed by atoms with E-state index in [1.165, 1.54) is 17.1 Å². The van der Waals surface area contributed by atoms with Gasteiger partial charge in [0, 0.05) is 32.4 Å². The maximum Gasteiger partial charge on any atom is 0.279 e. The highest BCUT2D eigenvalue weighted by Crippen LogP contribution is 2.18. The molecule has 2 rings (SSSR count). The fourth-order valence-electron chi connectivity index (χ4n) is 2.00. The van der Waals surface area contributed by atoms with Crippen LogP contribution in [0.25, 0.3) is 0 Å². The van der Waals surface area contributed by atoms with Crippen LogP contribution in [0.15, 0.2) is 12.4 Å². The van der Waals surface area contributed by atoms with E-state index in [4.69, 9.17) is 0 Å². The van der Waals surface area contributed by atoms with Crippen molar-refractivity contribution in [1.29, 1.82) is 0 Å². The standard InChI is InChI=1S/C13H25N5O2S/c1-12-10-15-18(11-12)9-7-16-21(19,20)17(2)8-3-6-14-13-4-5-13/h10-11,13-14,16H,3-9H2,1-2H3. The zero-order valence-corrected chi connectivity index (χ0v) is 13.6. The number of hydrogen-bond donors (Lipinski definition) is 2. The van der Waals surface area contributed by atoms with Gasteiger partial charge >= 0.3 is 0 Å². The Bertz CT molecular complexity index is 539. The number of nitrogens with zero attached hydrogens (tertiary/aromatic N) is 3. The minimum Gasteiger partial charge on any atom is -0.314 e. The van der Waals surface area contributed by atoms with Gasteiger partial charge in [0.15, 0.2) is 0 Å². The van der Waals surface area contributed by atoms with Crippen molar-refractivity contribution < 1.29 is 8.42 Å². The highest BCUT2D eigenvalue weighted by atomic mass is 32.2. The van der Waals surface area contributed by atoms with Crippen LogP contribution in [-0.4, -0.2) is 55.2 Å². The Hall–Kier alpha value is -0.960. The first-order valence-electron chi connectivity index (χ1n) is 7.41. The number of aromatic nitrogens is 2. The lowest BCUT2D eigenvalue weighted by atomic mass is 10.4. The molecule has 1 aliphatic rings. The molecule has 1 aliphatic carbocycles. The molecule has 0 aliphatic heterocycles. The quantitative estimate of drug-likeness (QED) is 0.600. The molecular weight excluding hydrogens is 290 g/mol. The predicted molar refractivity (Wildman–Crippen MR) is 82.2 cm³/mol. The Morgan fingerprint density at radius 2 is 2.19 bits per heavy atom. The van der Waals surface area contributed by atoms with Gasteiger partial charge in [-0.3, -0.25) is 4.68 Å². The van der Waals surface area contributed by atoms with Gasteiger partial charge in [0.2, 0.25) is 0 Å². The Labute approximate surface area is 126 Å². The molecular formula is C13H25N5O2S. The molecule has 0 spiro atoms. The number of rotatable bonds is 10. The van der Waals surface area contributed by atoms with Crippen molar-refractivity contribution in [1.82, 2.24) is 24.1 Å². The third kappa shape index (κ3) is 5.74. The average Bonchev–Trinajstić information content (AvgIpc) is 3.16. The van der Waals surface area contributed by atoms with Crippen LogP contribution >= 0.6 is 0 Å². The largest absolute Gasteiger partial charge is 0.314 e. The summed E-state index contributed by atoms with van der Waals surface area (Å²) in [7, 11) is -1.79. The van der Waals surface area contributed by atoms with Gasteiger partial charge < -0.3 is 5.32 Å². The SMILES string of the molecule is Cc1cnn(CCNS(=O)(=O)N(C)CCCNC2CC2)c1. The topological polar surface area (TPSA) is 79.3 Å². The Morgan fingerprint density at radius 3 is 2.81 bits per heavy atom. The summed E-state index contributed by atoms with van der Waals surface area (Å²) in [4.78, 5) is 0. The molecule has 0 amide bonds. The molecule has 0 saturated heterocycles. The van der Waals surface area contributed by atoms with Gasteiger partial charge in [0.1, 0.15) is 0 Å². The molecule has 8 heteroatoms. The third-order valence-electron chi connectivity index (χ3n) is 3.46. The van der Waals surface area contributed by atoms with Crippen LogP contribution in [0.1, 0.15) is 24.8 Å². The molecule has 2 N–H and O–H groups in total. The summed E-state index contributed by atoms with van der Waals surface area (Å²) in [5, 5.41) is 7.50. The maximum atomic E-state index is 12.0. The van der Waals surface area contributed by atoms with Crippen molar-refractivity contribution in [2.75, 3.05) is 26.7 Å². The van der Waals surface area contributed by atoms with E-state index in [1.807, 2.05) is 13.1 Å². The molecule has 7 nitrogen and oxygen atoms in total. The van der Waals surface area contributed by atoms with E-state index < -0.39 is 10.2 Å². The summed E-state index contributed by atoms with van der Waals surface area (Å²) >= 11 is 0. The number of nitrogens with one attached hydrogen (secondary N) is 2. The van der Waals surface area contributed by atoms with Crippen LogP contribution in [0.2, 0.25) is 0 Å². The maximum absolute atomic E-state index is 12.0. The molecule has 1 aromatic rings. The van der Waals surface area contributed by atoms with Crippen molar-refractivity contribution in [2.24, 2.45) is 0 Å². The Balaban J connectivity index is 1.64. The van der Waals surface area contributed by atoms with Crippen molar-refractivity contribution in [3.63, 3.8) is 0 Å². The van der Waals surface area contributed by atoms with E-state index in [2.05, 4.69) is 15.1 Å². The molecule has 0 bridgehead atoms. The lowest BCUT2D eigenvalue weighted by Crippen LogP contribution is -2.40. The summed E-state index contributed by atoms with van der Waals surface area (Å²) in [5.74, 6) is 0. The lowest BCUT2D eigenvalue weighted by Gasteiger charge is -2.17. The first-order valence-corrected chi connectivity index (χ1v) is 8.85. The first-order chi connectivity index (χ1) is 9.97. The molecule has 1 heterocycles. The van der Waals surface area contributed by atoms with Crippen LogP contribution in [0.3, 0.4) is 0 Å². The van der Waals surface area contributed by atoms with E-state index in [9.17, 15) is 8.42 Å². The van der Waals surface area contributed by atoms with Gasteiger partial charge in [-0.2, -0.15) is 17.8 Å².